The molecule has 0 radical (unpaired) electrons. The van der Waals surface area contributed by atoms with Crippen molar-refractivity contribution in [2.45, 2.75) is 6.23 Å². The van der Waals surface area contributed by atoms with Gasteiger partial charge >= 0.3 is 0 Å². The van der Waals surface area contributed by atoms with Gasteiger partial charge in [0.25, 0.3) is 0 Å². The highest BCUT2D eigenvalue weighted by molar-refractivity contribution is 9.10. The van der Waals surface area contributed by atoms with Gasteiger partial charge in [0.15, 0.2) is 0 Å². The van der Waals surface area contributed by atoms with Gasteiger partial charge in [-0.1, -0.05) is 49.5 Å². The lowest BCUT2D eigenvalue weighted by atomic mass is 10.1. The molecule has 0 saturated heterocycles. The molecule has 3 aromatic carbocycles. The molecule has 7 heteroatoms. The minimum atomic E-state index is -0.367. The Bertz CT molecular complexity index is 1370. The number of ether oxygens (including phenoxy) is 2. The van der Waals surface area contributed by atoms with Gasteiger partial charge in [0.1, 0.15) is 18.1 Å². The third kappa shape index (κ3) is 2.99. The second-order valence-corrected chi connectivity index (χ2v) is 10.0. The van der Waals surface area contributed by atoms with Gasteiger partial charge in [0, 0.05) is 32.5 Å². The van der Waals surface area contributed by atoms with Crippen molar-refractivity contribution in [3.05, 3.63) is 74.1 Å². The number of benzene rings is 3. The molecule has 4 aromatic rings. The summed E-state index contributed by atoms with van der Waals surface area (Å²) in [6.07, 6.45) is -0.367. The average molecular weight is 561 g/mol. The Hall–Kier alpha value is -2.15. The molecule has 1 aromatic heterocycles. The van der Waals surface area contributed by atoms with Crippen LogP contribution in [0.4, 0.5) is 5.69 Å². The highest BCUT2D eigenvalue weighted by Crippen LogP contribution is 2.50. The molecule has 6 rings (SSSR count). The van der Waals surface area contributed by atoms with E-state index in [0.29, 0.717) is 6.61 Å². The minimum Gasteiger partial charge on any atom is -0.490 e. The summed E-state index contributed by atoms with van der Waals surface area (Å²) >= 11 is 14.1. The van der Waals surface area contributed by atoms with Crippen LogP contribution in [-0.4, -0.2) is 24.8 Å². The van der Waals surface area contributed by atoms with Crippen molar-refractivity contribution in [1.82, 2.24) is 4.57 Å². The van der Waals surface area contributed by atoms with Gasteiger partial charge in [-0.15, -0.1) is 0 Å². The molecule has 4 nitrogen and oxygen atoms in total. The van der Waals surface area contributed by atoms with E-state index in [1.165, 1.54) is 0 Å². The number of anilines is 1. The molecule has 3 heterocycles. The first kappa shape index (κ1) is 19.5. The zero-order chi connectivity index (χ0) is 21.3. The molecule has 0 spiro atoms. The Morgan fingerprint density at radius 2 is 1.77 bits per heavy atom. The fourth-order valence-corrected chi connectivity index (χ4v) is 5.49. The van der Waals surface area contributed by atoms with Gasteiger partial charge in [0.2, 0.25) is 6.23 Å². The van der Waals surface area contributed by atoms with Gasteiger partial charge in [-0.05, 0) is 48.5 Å². The van der Waals surface area contributed by atoms with Crippen LogP contribution in [0.3, 0.4) is 0 Å². The van der Waals surface area contributed by atoms with Crippen LogP contribution in [0.1, 0.15) is 11.8 Å². The van der Waals surface area contributed by atoms with Gasteiger partial charge in [-0.2, -0.15) is 0 Å². The van der Waals surface area contributed by atoms with E-state index < -0.39 is 0 Å². The second-order valence-electron chi connectivity index (χ2n) is 7.80. The fraction of sp³-hybridized carbons (Fsp3) is 0.167. The number of likely N-dealkylation sites (N-methyl/N-ethyl adjacent to an activating group) is 1. The quantitative estimate of drug-likeness (QED) is 0.245. The van der Waals surface area contributed by atoms with E-state index in [4.69, 9.17) is 21.1 Å². The SMILES string of the molecule is CN1CCOc2cc(C3Oc4cc(Br)ccc4-c4c(Cl)c5cc(Br)ccc5n43)ccc21. The number of halogens is 3. The maximum Gasteiger partial charge on any atom is 0.203 e. The Kier molecular flexibility index (Phi) is 4.53. The van der Waals surface area contributed by atoms with Crippen molar-refractivity contribution in [3.8, 4) is 22.8 Å². The third-order valence-corrected chi connectivity index (χ3v) is 7.31. The summed E-state index contributed by atoms with van der Waals surface area (Å²) in [4.78, 5) is 2.21. The lowest BCUT2D eigenvalue weighted by Crippen LogP contribution is -2.29. The minimum absolute atomic E-state index is 0.367. The normalized spacial score (nSPS) is 16.9. The Morgan fingerprint density at radius 1 is 0.968 bits per heavy atom. The lowest BCUT2D eigenvalue weighted by Gasteiger charge is -2.32. The standard InChI is InChI=1S/C24H17Br2ClN2O2/c1-28-8-9-30-21-10-13(2-6-19(21)28)24-29-18-7-4-14(25)11-17(18)22(27)23(29)16-5-3-15(26)12-20(16)31-24/h2-7,10-12,24H,8-9H2,1H3. The van der Waals surface area contributed by atoms with Crippen molar-refractivity contribution in [3.63, 3.8) is 0 Å². The highest BCUT2D eigenvalue weighted by atomic mass is 79.9. The first-order valence-electron chi connectivity index (χ1n) is 9.94. The molecular formula is C24H17Br2ClN2O2. The fourth-order valence-electron chi connectivity index (χ4n) is 4.45. The van der Waals surface area contributed by atoms with Crippen molar-refractivity contribution < 1.29 is 9.47 Å². The van der Waals surface area contributed by atoms with Crippen LogP contribution < -0.4 is 14.4 Å². The molecule has 2 aliphatic heterocycles. The van der Waals surface area contributed by atoms with E-state index in [2.05, 4.69) is 78.7 Å². The van der Waals surface area contributed by atoms with Crippen molar-refractivity contribution in [2.75, 3.05) is 25.1 Å². The van der Waals surface area contributed by atoms with E-state index in [9.17, 15) is 0 Å². The summed E-state index contributed by atoms with van der Waals surface area (Å²) in [7, 11) is 2.08. The lowest BCUT2D eigenvalue weighted by molar-refractivity contribution is 0.172. The highest BCUT2D eigenvalue weighted by Gasteiger charge is 2.32. The van der Waals surface area contributed by atoms with Gasteiger partial charge in [0.05, 0.1) is 28.5 Å². The molecule has 0 amide bonds. The first-order valence-corrected chi connectivity index (χ1v) is 11.9. The Labute approximate surface area is 201 Å². The van der Waals surface area contributed by atoms with Crippen LogP contribution in [-0.2, 0) is 0 Å². The van der Waals surface area contributed by atoms with Gasteiger partial charge in [-0.3, -0.25) is 4.57 Å². The molecular weight excluding hydrogens is 544 g/mol. The Morgan fingerprint density at radius 3 is 2.65 bits per heavy atom. The Balaban J connectivity index is 1.62. The number of rotatable bonds is 1. The van der Waals surface area contributed by atoms with Crippen LogP contribution in [0, 0.1) is 0 Å². The van der Waals surface area contributed by atoms with E-state index in [0.717, 1.165) is 65.4 Å². The molecule has 0 fully saturated rings. The molecule has 31 heavy (non-hydrogen) atoms. The van der Waals surface area contributed by atoms with Crippen LogP contribution in [0.25, 0.3) is 22.2 Å². The predicted octanol–water partition coefficient (Wildman–Crippen LogP) is 7.25. The van der Waals surface area contributed by atoms with Crippen LogP contribution in [0.2, 0.25) is 5.02 Å². The van der Waals surface area contributed by atoms with Crippen LogP contribution in [0.15, 0.2) is 63.5 Å². The van der Waals surface area contributed by atoms with E-state index >= 15 is 0 Å². The molecule has 0 bridgehead atoms. The largest absolute Gasteiger partial charge is 0.490 e. The molecule has 0 N–H and O–H groups in total. The topological polar surface area (TPSA) is 26.6 Å². The van der Waals surface area contributed by atoms with Crippen LogP contribution >= 0.6 is 43.5 Å². The molecule has 1 atom stereocenters. The summed E-state index contributed by atoms with van der Waals surface area (Å²) < 4.78 is 16.7. The average Bonchev–Trinajstić information content (AvgIpc) is 3.05. The number of fused-ring (bicyclic) bond motifs is 6. The molecule has 156 valence electrons. The number of aromatic nitrogens is 1. The molecule has 2 aliphatic rings. The summed E-state index contributed by atoms with van der Waals surface area (Å²) in [6.45, 7) is 1.55. The number of nitrogens with zero attached hydrogens (tertiary/aromatic N) is 2. The monoisotopic (exact) mass is 558 g/mol. The maximum absolute atomic E-state index is 6.96. The third-order valence-electron chi connectivity index (χ3n) is 5.94. The maximum atomic E-state index is 6.96. The molecule has 0 saturated carbocycles. The summed E-state index contributed by atoms with van der Waals surface area (Å²) in [5, 5.41) is 1.71. The smallest absolute Gasteiger partial charge is 0.203 e. The van der Waals surface area contributed by atoms with Crippen molar-refractivity contribution in [1.29, 1.82) is 0 Å². The second kappa shape index (κ2) is 7.19. The number of hydrogen-bond acceptors (Lipinski definition) is 3. The molecule has 0 aliphatic carbocycles. The van der Waals surface area contributed by atoms with Crippen molar-refractivity contribution in [2.24, 2.45) is 0 Å². The number of hydrogen-bond donors (Lipinski definition) is 0. The van der Waals surface area contributed by atoms with Gasteiger partial charge in [-0.25, -0.2) is 0 Å². The van der Waals surface area contributed by atoms with Crippen molar-refractivity contribution >= 4 is 60.1 Å². The van der Waals surface area contributed by atoms with E-state index in [-0.39, 0.29) is 6.23 Å². The van der Waals surface area contributed by atoms with Crippen LogP contribution in [0.5, 0.6) is 11.5 Å². The predicted molar refractivity (Wildman–Crippen MR) is 132 cm³/mol. The zero-order valence-electron chi connectivity index (χ0n) is 16.5. The zero-order valence-corrected chi connectivity index (χ0v) is 20.5. The first-order chi connectivity index (χ1) is 15.0. The van der Waals surface area contributed by atoms with Gasteiger partial charge < -0.3 is 14.4 Å². The van der Waals surface area contributed by atoms with E-state index in [1.54, 1.807) is 0 Å². The molecule has 1 unspecified atom stereocenters. The summed E-state index contributed by atoms with van der Waals surface area (Å²) in [5.74, 6) is 1.67. The van der Waals surface area contributed by atoms with E-state index in [1.807, 2.05) is 24.3 Å². The summed E-state index contributed by atoms with van der Waals surface area (Å²) in [5.41, 5.74) is 5.07. The summed E-state index contributed by atoms with van der Waals surface area (Å²) in [6, 6.07) is 18.5.